The summed E-state index contributed by atoms with van der Waals surface area (Å²) in [5.74, 6) is 0.585. The second-order valence-corrected chi connectivity index (χ2v) is 7.66. The maximum Gasteiger partial charge on any atom is 0.241 e. The summed E-state index contributed by atoms with van der Waals surface area (Å²) in [6.45, 7) is 6.54. The molecule has 0 aliphatic heterocycles. The summed E-state index contributed by atoms with van der Waals surface area (Å²) in [7, 11) is -3.39. The van der Waals surface area contributed by atoms with E-state index in [0.29, 0.717) is 17.4 Å². The fourth-order valence-corrected chi connectivity index (χ4v) is 4.02. The molecule has 1 heterocycles. The number of nitrogens with one attached hydrogen (secondary N) is 1. The van der Waals surface area contributed by atoms with Gasteiger partial charge in [-0.05, 0) is 31.7 Å². The maximum absolute atomic E-state index is 12.1. The SMILES string of the molecule is CC(C)CCC(C)NS(=O)(=O)c1csc(CN)c1. The quantitative estimate of drug-likeness (QED) is 0.809. The second-order valence-electron chi connectivity index (χ2n) is 4.95. The van der Waals surface area contributed by atoms with Crippen LogP contribution in [-0.2, 0) is 16.6 Å². The topological polar surface area (TPSA) is 72.2 Å². The summed E-state index contributed by atoms with van der Waals surface area (Å²) >= 11 is 1.38. The molecule has 0 radical (unpaired) electrons. The van der Waals surface area contributed by atoms with Crippen molar-refractivity contribution in [3.8, 4) is 0 Å². The molecular formula is C12H22N2O2S2. The second kappa shape index (κ2) is 6.65. The highest BCUT2D eigenvalue weighted by Crippen LogP contribution is 2.19. The van der Waals surface area contributed by atoms with Gasteiger partial charge in [0.05, 0.1) is 4.90 Å². The molecule has 18 heavy (non-hydrogen) atoms. The molecule has 1 aromatic rings. The number of rotatable bonds is 7. The zero-order chi connectivity index (χ0) is 13.8. The molecule has 104 valence electrons. The van der Waals surface area contributed by atoms with Crippen molar-refractivity contribution in [3.05, 3.63) is 16.3 Å². The summed E-state index contributed by atoms with van der Waals surface area (Å²) in [5, 5.41) is 1.64. The molecule has 4 nitrogen and oxygen atoms in total. The van der Waals surface area contributed by atoms with E-state index in [1.54, 1.807) is 11.4 Å². The number of nitrogens with two attached hydrogens (primary N) is 1. The van der Waals surface area contributed by atoms with Gasteiger partial charge in [-0.1, -0.05) is 13.8 Å². The Hall–Kier alpha value is -0.430. The smallest absolute Gasteiger partial charge is 0.241 e. The molecule has 6 heteroatoms. The predicted octanol–water partition coefficient (Wildman–Crippen LogP) is 2.31. The van der Waals surface area contributed by atoms with Crippen LogP contribution in [0.2, 0.25) is 0 Å². The molecule has 0 spiro atoms. The van der Waals surface area contributed by atoms with E-state index in [1.807, 2.05) is 6.92 Å². The van der Waals surface area contributed by atoms with Gasteiger partial charge in [-0.25, -0.2) is 13.1 Å². The fourth-order valence-electron chi connectivity index (χ4n) is 1.58. The lowest BCUT2D eigenvalue weighted by Gasteiger charge is -2.14. The minimum absolute atomic E-state index is 0.0429. The Bertz CT molecular complexity index is 466. The van der Waals surface area contributed by atoms with Gasteiger partial charge in [-0.2, -0.15) is 0 Å². The van der Waals surface area contributed by atoms with Gasteiger partial charge in [0.1, 0.15) is 0 Å². The minimum atomic E-state index is -3.39. The number of hydrogen-bond acceptors (Lipinski definition) is 4. The molecule has 0 aliphatic rings. The highest BCUT2D eigenvalue weighted by atomic mass is 32.2. The summed E-state index contributed by atoms with van der Waals surface area (Å²) in [6.07, 6.45) is 1.87. The van der Waals surface area contributed by atoms with Crippen LogP contribution in [0.5, 0.6) is 0 Å². The third kappa shape index (κ3) is 4.68. The van der Waals surface area contributed by atoms with E-state index in [2.05, 4.69) is 18.6 Å². The molecular weight excluding hydrogens is 268 g/mol. The first-order valence-electron chi connectivity index (χ1n) is 6.15. The van der Waals surface area contributed by atoms with E-state index >= 15 is 0 Å². The van der Waals surface area contributed by atoms with Crippen molar-refractivity contribution in [2.45, 2.75) is 51.1 Å². The van der Waals surface area contributed by atoms with Crippen molar-refractivity contribution in [1.82, 2.24) is 4.72 Å². The van der Waals surface area contributed by atoms with E-state index in [0.717, 1.165) is 17.7 Å². The number of hydrogen-bond donors (Lipinski definition) is 2. The molecule has 0 fully saturated rings. The first-order valence-corrected chi connectivity index (χ1v) is 8.51. The van der Waals surface area contributed by atoms with E-state index in [-0.39, 0.29) is 6.04 Å². The van der Waals surface area contributed by atoms with Crippen LogP contribution in [-0.4, -0.2) is 14.5 Å². The Balaban J connectivity index is 2.64. The Morgan fingerprint density at radius 1 is 1.33 bits per heavy atom. The zero-order valence-electron chi connectivity index (χ0n) is 11.1. The van der Waals surface area contributed by atoms with Gasteiger partial charge in [0.25, 0.3) is 0 Å². The van der Waals surface area contributed by atoms with Gasteiger partial charge >= 0.3 is 0 Å². The lowest BCUT2D eigenvalue weighted by Crippen LogP contribution is -2.32. The Morgan fingerprint density at radius 3 is 2.50 bits per heavy atom. The molecule has 0 bridgehead atoms. The standard InChI is InChI=1S/C12H22N2O2S2/c1-9(2)4-5-10(3)14-18(15,16)12-6-11(7-13)17-8-12/h6,8-10,14H,4-5,7,13H2,1-3H3. The molecule has 0 aliphatic carbocycles. The average Bonchev–Trinajstić information content (AvgIpc) is 2.75. The molecule has 3 N–H and O–H groups in total. The number of sulfonamides is 1. The summed E-state index contributed by atoms with van der Waals surface area (Å²) < 4.78 is 26.8. The van der Waals surface area contributed by atoms with Gasteiger partial charge in [0, 0.05) is 22.8 Å². The van der Waals surface area contributed by atoms with Crippen molar-refractivity contribution in [2.75, 3.05) is 0 Å². The molecule has 0 aromatic carbocycles. The minimum Gasteiger partial charge on any atom is -0.326 e. The van der Waals surface area contributed by atoms with Crippen LogP contribution >= 0.6 is 11.3 Å². The highest BCUT2D eigenvalue weighted by molar-refractivity contribution is 7.89. The predicted molar refractivity (Wildman–Crippen MR) is 76.1 cm³/mol. The van der Waals surface area contributed by atoms with Crippen molar-refractivity contribution in [1.29, 1.82) is 0 Å². The van der Waals surface area contributed by atoms with Crippen LogP contribution in [0.25, 0.3) is 0 Å². The molecule has 1 rings (SSSR count). The van der Waals surface area contributed by atoms with Crippen molar-refractivity contribution in [3.63, 3.8) is 0 Å². The first-order chi connectivity index (χ1) is 8.35. The monoisotopic (exact) mass is 290 g/mol. The van der Waals surface area contributed by atoms with Gasteiger partial charge in [0.2, 0.25) is 10.0 Å². The van der Waals surface area contributed by atoms with E-state index in [9.17, 15) is 8.42 Å². The Kier molecular flexibility index (Phi) is 5.78. The van der Waals surface area contributed by atoms with Crippen molar-refractivity contribution in [2.24, 2.45) is 11.7 Å². The normalized spacial score (nSPS) is 14.1. The number of thiophene rings is 1. The molecule has 0 amide bonds. The van der Waals surface area contributed by atoms with Gasteiger partial charge in [-0.3, -0.25) is 0 Å². The fraction of sp³-hybridized carbons (Fsp3) is 0.667. The molecule has 0 saturated carbocycles. The van der Waals surface area contributed by atoms with Crippen LogP contribution in [0.3, 0.4) is 0 Å². The maximum atomic E-state index is 12.1. The molecule has 1 atom stereocenters. The van der Waals surface area contributed by atoms with E-state index in [1.165, 1.54) is 11.3 Å². The third-order valence-electron chi connectivity index (χ3n) is 2.67. The summed E-state index contributed by atoms with van der Waals surface area (Å²) in [5.41, 5.74) is 5.48. The van der Waals surface area contributed by atoms with Crippen LogP contribution in [0.4, 0.5) is 0 Å². The van der Waals surface area contributed by atoms with Crippen LogP contribution in [0, 0.1) is 5.92 Å². The van der Waals surface area contributed by atoms with Crippen LogP contribution in [0.1, 0.15) is 38.5 Å². The summed E-state index contributed by atoms with van der Waals surface area (Å²) in [6, 6.07) is 1.60. The van der Waals surface area contributed by atoms with Crippen LogP contribution < -0.4 is 10.5 Å². The van der Waals surface area contributed by atoms with E-state index < -0.39 is 10.0 Å². The Morgan fingerprint density at radius 2 is 2.00 bits per heavy atom. The zero-order valence-corrected chi connectivity index (χ0v) is 12.8. The molecule has 1 unspecified atom stereocenters. The lowest BCUT2D eigenvalue weighted by molar-refractivity contribution is 0.485. The Labute approximate surface area is 114 Å². The van der Waals surface area contributed by atoms with Gasteiger partial charge in [0.15, 0.2) is 0 Å². The highest BCUT2D eigenvalue weighted by Gasteiger charge is 2.18. The van der Waals surface area contributed by atoms with Gasteiger partial charge in [-0.15, -0.1) is 11.3 Å². The first kappa shape index (κ1) is 15.6. The van der Waals surface area contributed by atoms with E-state index in [4.69, 9.17) is 5.73 Å². The van der Waals surface area contributed by atoms with Crippen molar-refractivity contribution >= 4 is 21.4 Å². The molecule has 1 aromatic heterocycles. The lowest BCUT2D eigenvalue weighted by atomic mass is 10.1. The molecule has 0 saturated heterocycles. The van der Waals surface area contributed by atoms with Gasteiger partial charge < -0.3 is 5.73 Å². The van der Waals surface area contributed by atoms with Crippen molar-refractivity contribution < 1.29 is 8.42 Å². The third-order valence-corrected chi connectivity index (χ3v) is 5.35. The largest absolute Gasteiger partial charge is 0.326 e. The average molecular weight is 290 g/mol. The van der Waals surface area contributed by atoms with Crippen LogP contribution in [0.15, 0.2) is 16.3 Å². The summed E-state index contributed by atoms with van der Waals surface area (Å²) in [4.78, 5) is 1.20.